The summed E-state index contributed by atoms with van der Waals surface area (Å²) in [5, 5.41) is 10.3. The molecule has 4 rings (SSSR count). The van der Waals surface area contributed by atoms with Crippen LogP contribution in [-0.4, -0.2) is 54.7 Å². The number of carbonyl (C=O) groups excluding carboxylic acids is 1. The smallest absolute Gasteiger partial charge is 0.410 e. The average molecular weight is 507 g/mol. The van der Waals surface area contributed by atoms with Crippen molar-refractivity contribution in [3.63, 3.8) is 0 Å². The van der Waals surface area contributed by atoms with E-state index in [4.69, 9.17) is 14.6 Å². The number of oxime groups is 1. The van der Waals surface area contributed by atoms with Crippen molar-refractivity contribution >= 4 is 39.5 Å². The fourth-order valence-electron chi connectivity index (χ4n) is 4.03. The van der Waals surface area contributed by atoms with E-state index in [0.717, 1.165) is 40.5 Å². The molecule has 1 N–H and O–H groups in total. The molecule has 0 saturated carbocycles. The van der Waals surface area contributed by atoms with Crippen LogP contribution in [0.3, 0.4) is 0 Å². The molecule has 0 bridgehead atoms. The Bertz CT molecular complexity index is 1120. The van der Waals surface area contributed by atoms with Crippen LogP contribution in [0.15, 0.2) is 34.8 Å². The highest BCUT2D eigenvalue weighted by Gasteiger charge is 2.31. The second kappa shape index (κ2) is 10.3. The van der Waals surface area contributed by atoms with Gasteiger partial charge in [0.1, 0.15) is 17.2 Å². The molecule has 0 radical (unpaired) electrons. The quantitative estimate of drug-likeness (QED) is 0.568. The van der Waals surface area contributed by atoms with Gasteiger partial charge < -0.3 is 19.8 Å². The minimum absolute atomic E-state index is 0.130. The molecule has 0 aliphatic carbocycles. The van der Waals surface area contributed by atoms with Gasteiger partial charge in [0.15, 0.2) is 16.8 Å². The number of benzene rings is 1. The van der Waals surface area contributed by atoms with Crippen LogP contribution in [0.2, 0.25) is 0 Å². The lowest BCUT2D eigenvalue weighted by atomic mass is 9.97. The maximum Gasteiger partial charge on any atom is 0.410 e. The molecule has 9 nitrogen and oxygen atoms in total. The van der Waals surface area contributed by atoms with Gasteiger partial charge in [0.2, 0.25) is 0 Å². The number of hydrogen-bond donors (Lipinski definition) is 2. The highest BCUT2D eigenvalue weighted by molar-refractivity contribution is 7.72. The van der Waals surface area contributed by atoms with Crippen molar-refractivity contribution in [1.82, 2.24) is 9.88 Å². The number of carbonyl (C=O) groups is 1. The molecule has 184 valence electrons. The van der Waals surface area contributed by atoms with Gasteiger partial charge in [0, 0.05) is 42.1 Å². The summed E-state index contributed by atoms with van der Waals surface area (Å²) in [7, 11) is -2.53. The fourth-order valence-corrected chi connectivity index (χ4v) is 5.33. The van der Waals surface area contributed by atoms with Gasteiger partial charge in [-0.3, -0.25) is 0 Å². The summed E-state index contributed by atoms with van der Waals surface area (Å²) in [6.07, 6.45) is 1.69. The summed E-state index contributed by atoms with van der Waals surface area (Å²) in [6.45, 7) is 6.93. The summed E-state index contributed by atoms with van der Waals surface area (Å²) in [5.41, 5.74) is 2.68. The van der Waals surface area contributed by atoms with Gasteiger partial charge >= 0.3 is 6.09 Å². The van der Waals surface area contributed by atoms with Crippen LogP contribution in [-0.2, 0) is 20.3 Å². The lowest BCUT2D eigenvalue weighted by molar-refractivity contribution is 0.0204. The fraction of sp³-hybridized carbons (Fsp3) is 0.522. The number of thiol groups is 1. The van der Waals surface area contributed by atoms with E-state index in [1.54, 1.807) is 16.2 Å². The molecular weight excluding hydrogens is 476 g/mol. The van der Waals surface area contributed by atoms with Crippen LogP contribution >= 0.6 is 11.3 Å². The Balaban J connectivity index is 1.35. The number of nitrogens with zero attached hydrogens (tertiary/aromatic N) is 3. The van der Waals surface area contributed by atoms with Gasteiger partial charge in [-0.2, -0.15) is 0 Å². The first-order valence-corrected chi connectivity index (χ1v) is 13.5. The lowest BCUT2D eigenvalue weighted by Crippen LogP contribution is -2.41. The molecule has 1 atom stereocenters. The first-order chi connectivity index (χ1) is 16.2. The molecule has 1 aromatic heterocycles. The van der Waals surface area contributed by atoms with Crippen LogP contribution in [0, 0.1) is 0 Å². The molecule has 1 fully saturated rings. The van der Waals surface area contributed by atoms with E-state index in [1.165, 1.54) is 0 Å². The van der Waals surface area contributed by atoms with E-state index in [1.807, 2.05) is 50.4 Å². The van der Waals surface area contributed by atoms with Gasteiger partial charge in [-0.15, -0.1) is 11.3 Å². The summed E-state index contributed by atoms with van der Waals surface area (Å²) in [5.74, 6) is 0.171. The Morgan fingerprint density at radius 2 is 2.00 bits per heavy atom. The zero-order chi connectivity index (χ0) is 24.3. The number of thiazole rings is 1. The van der Waals surface area contributed by atoms with Gasteiger partial charge in [-0.05, 0) is 39.7 Å². The number of likely N-dealkylation sites (tertiary alicyclic amines) is 1. The third kappa shape index (κ3) is 6.06. The highest BCUT2D eigenvalue weighted by atomic mass is 32.2. The molecule has 2 aliphatic heterocycles. The molecular formula is C23H30N4O5S2. The van der Waals surface area contributed by atoms with Crippen LogP contribution in [0.5, 0.6) is 0 Å². The van der Waals surface area contributed by atoms with Crippen molar-refractivity contribution in [2.75, 3.05) is 24.3 Å². The predicted molar refractivity (Wildman–Crippen MR) is 132 cm³/mol. The Labute approximate surface area is 205 Å². The Kier molecular flexibility index (Phi) is 7.42. The molecule has 2 aromatic rings. The highest BCUT2D eigenvalue weighted by Crippen LogP contribution is 2.36. The number of rotatable bonds is 6. The van der Waals surface area contributed by atoms with Crippen LogP contribution in [0.4, 0.5) is 10.5 Å². The molecule has 1 amide bonds. The second-order valence-electron chi connectivity index (χ2n) is 9.40. The molecule has 1 aromatic carbocycles. The van der Waals surface area contributed by atoms with Gasteiger partial charge in [-0.25, -0.2) is 18.2 Å². The number of amides is 1. The van der Waals surface area contributed by atoms with E-state index in [0.29, 0.717) is 25.4 Å². The van der Waals surface area contributed by atoms with E-state index in [2.05, 4.69) is 10.5 Å². The van der Waals surface area contributed by atoms with E-state index < -0.39 is 16.3 Å². The number of anilines is 1. The zero-order valence-corrected chi connectivity index (χ0v) is 21.2. The third-order valence-corrected chi connectivity index (χ3v) is 7.11. The maximum atomic E-state index is 12.3. The second-order valence-corrected chi connectivity index (χ2v) is 11.3. The normalized spacial score (nSPS) is 19.1. The standard InChI is InChI=1S/C23H30N4O5S2/c1-23(2,3)31-22(28)27-10-8-15(9-11-27)21-25-19(13-33-21)18-12-20(32-26-18)16-6-4-5-7-17(16)24-14-34(29)30/h4-7,13,15,20,24,34H,8-12,14H2,1-3H3. The molecule has 3 heterocycles. The SMILES string of the molecule is CC(C)(C)OC(=O)N1CCC(c2nc(C3=NOC(c4ccccc4NC[SH](=O)=O)C3)cs2)CC1. The minimum atomic E-state index is -2.53. The van der Waals surface area contributed by atoms with E-state index in [-0.39, 0.29) is 18.1 Å². The number of ether oxygens (including phenoxy) is 1. The van der Waals surface area contributed by atoms with Crippen molar-refractivity contribution in [3.8, 4) is 0 Å². The number of para-hydroxylation sites is 1. The van der Waals surface area contributed by atoms with Crippen LogP contribution in [0.1, 0.15) is 68.3 Å². The molecule has 1 saturated heterocycles. The van der Waals surface area contributed by atoms with Crippen molar-refractivity contribution in [1.29, 1.82) is 0 Å². The van der Waals surface area contributed by atoms with Crippen molar-refractivity contribution < 1.29 is 22.8 Å². The van der Waals surface area contributed by atoms with Gasteiger partial charge in [0.25, 0.3) is 0 Å². The molecule has 2 aliphatic rings. The minimum Gasteiger partial charge on any atom is -0.444 e. The average Bonchev–Trinajstić information content (AvgIpc) is 3.47. The van der Waals surface area contributed by atoms with Gasteiger partial charge in [-0.1, -0.05) is 23.4 Å². The first kappa shape index (κ1) is 24.5. The monoisotopic (exact) mass is 506 g/mol. The largest absolute Gasteiger partial charge is 0.444 e. The number of piperidine rings is 1. The summed E-state index contributed by atoms with van der Waals surface area (Å²) in [6, 6.07) is 7.49. The molecule has 1 unspecified atom stereocenters. The van der Waals surface area contributed by atoms with Crippen molar-refractivity contribution in [2.45, 2.75) is 57.7 Å². The Hall–Kier alpha value is -2.66. The summed E-state index contributed by atoms with van der Waals surface area (Å²) in [4.78, 5) is 24.6. The van der Waals surface area contributed by atoms with E-state index >= 15 is 0 Å². The maximum absolute atomic E-state index is 12.3. The van der Waals surface area contributed by atoms with Crippen molar-refractivity contribution in [3.05, 3.63) is 45.9 Å². The Morgan fingerprint density at radius 3 is 2.71 bits per heavy atom. The molecule has 11 heteroatoms. The molecule has 0 spiro atoms. The van der Waals surface area contributed by atoms with Crippen LogP contribution < -0.4 is 5.32 Å². The third-order valence-electron chi connectivity index (χ3n) is 5.69. The predicted octanol–water partition coefficient (Wildman–Crippen LogP) is 4.10. The Morgan fingerprint density at radius 1 is 1.26 bits per heavy atom. The number of aromatic nitrogens is 1. The van der Waals surface area contributed by atoms with Crippen LogP contribution in [0.25, 0.3) is 0 Å². The summed E-state index contributed by atoms with van der Waals surface area (Å²) >= 11 is 1.61. The number of hydrogen-bond acceptors (Lipinski definition) is 9. The van der Waals surface area contributed by atoms with Crippen molar-refractivity contribution in [2.24, 2.45) is 5.16 Å². The lowest BCUT2D eigenvalue weighted by Gasteiger charge is -2.32. The molecule has 34 heavy (non-hydrogen) atoms. The topological polar surface area (TPSA) is 110 Å². The zero-order valence-electron chi connectivity index (χ0n) is 19.5. The van der Waals surface area contributed by atoms with E-state index in [9.17, 15) is 13.2 Å². The first-order valence-electron chi connectivity index (χ1n) is 11.3. The van der Waals surface area contributed by atoms with Gasteiger partial charge in [0.05, 0.1) is 10.7 Å². The summed E-state index contributed by atoms with van der Waals surface area (Å²) < 4.78 is 27.4. The number of nitrogens with one attached hydrogen (secondary N) is 1.